The topological polar surface area (TPSA) is 71.6 Å². The average Bonchev–Trinajstić information content (AvgIpc) is 3.54. The summed E-state index contributed by atoms with van der Waals surface area (Å²) in [6.07, 6.45) is 0.693. The van der Waals surface area contributed by atoms with Crippen LogP contribution in [-0.2, 0) is 0 Å². The molecule has 0 spiro atoms. The lowest BCUT2D eigenvalue weighted by molar-refractivity contribution is -0.384. The van der Waals surface area contributed by atoms with Gasteiger partial charge < -0.3 is 0 Å². The first-order chi connectivity index (χ1) is 15.1. The minimum Gasteiger partial charge on any atom is -0.258 e. The summed E-state index contributed by atoms with van der Waals surface area (Å²) >= 11 is 3.09. The first-order valence-corrected chi connectivity index (χ1v) is 11.2. The Morgan fingerprint density at radius 2 is 1.84 bits per heavy atom. The number of nitro benzene ring substituents is 1. The number of anilines is 1. The monoisotopic (exact) mass is 450 g/mol. The SMILES string of the molecule is O=[N+]([O-])c1ccc(-c2csc(N3N=C(c4cccs4)C[C@H]3c3ccc(F)cc3)n2)cc1. The molecular formula is C22H15FN4O2S2. The number of nitro groups is 1. The molecule has 0 unspecified atom stereocenters. The minimum absolute atomic E-state index is 0.0420. The van der Waals surface area contributed by atoms with E-state index in [-0.39, 0.29) is 17.5 Å². The van der Waals surface area contributed by atoms with Gasteiger partial charge in [-0.2, -0.15) is 5.10 Å². The molecule has 0 saturated heterocycles. The molecule has 0 bridgehead atoms. The van der Waals surface area contributed by atoms with E-state index in [2.05, 4.69) is 0 Å². The summed E-state index contributed by atoms with van der Waals surface area (Å²) in [6.45, 7) is 0. The van der Waals surface area contributed by atoms with Crippen LogP contribution in [0.2, 0.25) is 0 Å². The maximum absolute atomic E-state index is 13.5. The van der Waals surface area contributed by atoms with Gasteiger partial charge in [-0.15, -0.1) is 22.7 Å². The fourth-order valence-corrected chi connectivity index (χ4v) is 5.03. The maximum Gasteiger partial charge on any atom is 0.269 e. The number of thiophene rings is 1. The van der Waals surface area contributed by atoms with E-state index < -0.39 is 4.92 Å². The number of hydrazone groups is 1. The maximum atomic E-state index is 13.5. The Balaban J connectivity index is 1.49. The first-order valence-electron chi connectivity index (χ1n) is 9.45. The lowest BCUT2D eigenvalue weighted by atomic mass is 10.0. The number of non-ortho nitro benzene ring substituents is 1. The second kappa shape index (κ2) is 8.01. The highest BCUT2D eigenvalue weighted by Gasteiger charge is 2.32. The van der Waals surface area contributed by atoms with Crippen molar-refractivity contribution in [2.75, 3.05) is 5.01 Å². The minimum atomic E-state index is -0.422. The summed E-state index contributed by atoms with van der Waals surface area (Å²) in [4.78, 5) is 16.3. The molecule has 31 heavy (non-hydrogen) atoms. The highest BCUT2D eigenvalue weighted by Crippen LogP contribution is 2.40. The smallest absolute Gasteiger partial charge is 0.258 e. The Labute approximate surface area is 185 Å². The summed E-state index contributed by atoms with van der Waals surface area (Å²) in [5, 5.41) is 22.3. The van der Waals surface area contributed by atoms with Crippen molar-refractivity contribution in [1.29, 1.82) is 0 Å². The van der Waals surface area contributed by atoms with Crippen LogP contribution < -0.4 is 5.01 Å². The van der Waals surface area contributed by atoms with Gasteiger partial charge in [-0.05, 0) is 41.3 Å². The third-order valence-corrected chi connectivity index (χ3v) is 6.78. The Hall–Kier alpha value is -3.43. The van der Waals surface area contributed by atoms with Crippen molar-refractivity contribution in [2.45, 2.75) is 12.5 Å². The Morgan fingerprint density at radius 1 is 1.06 bits per heavy atom. The molecule has 2 aromatic heterocycles. The van der Waals surface area contributed by atoms with Crippen molar-refractivity contribution in [3.8, 4) is 11.3 Å². The first kappa shape index (κ1) is 19.5. The predicted octanol–water partition coefficient (Wildman–Crippen LogP) is 6.27. The number of halogens is 1. The van der Waals surface area contributed by atoms with Crippen LogP contribution in [0.5, 0.6) is 0 Å². The molecule has 0 amide bonds. The fraction of sp³-hybridized carbons (Fsp3) is 0.0909. The van der Waals surface area contributed by atoms with Crippen LogP contribution in [0.15, 0.2) is 76.5 Å². The highest BCUT2D eigenvalue weighted by atomic mass is 32.1. The van der Waals surface area contributed by atoms with Gasteiger partial charge in [-0.1, -0.05) is 18.2 Å². The van der Waals surface area contributed by atoms with Gasteiger partial charge in [0, 0.05) is 29.5 Å². The van der Waals surface area contributed by atoms with Crippen LogP contribution in [0.4, 0.5) is 15.2 Å². The molecule has 0 fully saturated rings. The molecule has 2 aromatic carbocycles. The number of benzene rings is 2. The number of hydrogen-bond acceptors (Lipinski definition) is 7. The van der Waals surface area contributed by atoms with Gasteiger partial charge >= 0.3 is 0 Å². The van der Waals surface area contributed by atoms with E-state index in [1.165, 1.54) is 35.6 Å². The third-order valence-electron chi connectivity index (χ3n) is 5.03. The summed E-state index contributed by atoms with van der Waals surface area (Å²) in [7, 11) is 0. The van der Waals surface area contributed by atoms with E-state index in [4.69, 9.17) is 10.1 Å². The summed E-state index contributed by atoms with van der Waals surface area (Å²) in [6, 6.07) is 16.8. The second-order valence-electron chi connectivity index (χ2n) is 6.96. The molecule has 154 valence electrons. The van der Waals surface area contributed by atoms with E-state index in [0.717, 1.165) is 27.4 Å². The summed E-state index contributed by atoms with van der Waals surface area (Å²) in [5.74, 6) is -0.276. The van der Waals surface area contributed by atoms with Gasteiger partial charge in [0.25, 0.3) is 5.69 Å². The van der Waals surface area contributed by atoms with E-state index in [9.17, 15) is 14.5 Å². The van der Waals surface area contributed by atoms with E-state index in [1.807, 2.05) is 27.9 Å². The number of rotatable bonds is 5. The van der Waals surface area contributed by atoms with Crippen molar-refractivity contribution in [1.82, 2.24) is 4.98 Å². The number of nitrogens with zero attached hydrogens (tertiary/aromatic N) is 4. The lowest BCUT2D eigenvalue weighted by Crippen LogP contribution is -2.18. The van der Waals surface area contributed by atoms with E-state index in [0.29, 0.717) is 11.6 Å². The Morgan fingerprint density at radius 3 is 2.52 bits per heavy atom. The Kier molecular flexibility index (Phi) is 5.05. The number of aromatic nitrogens is 1. The van der Waals surface area contributed by atoms with Gasteiger partial charge in [0.15, 0.2) is 0 Å². The molecule has 1 aliphatic rings. The molecule has 5 rings (SSSR count). The number of hydrogen-bond donors (Lipinski definition) is 0. The molecule has 4 aromatic rings. The Bertz CT molecular complexity index is 1250. The van der Waals surface area contributed by atoms with E-state index in [1.54, 1.807) is 35.6 Å². The molecular weight excluding hydrogens is 435 g/mol. The van der Waals surface area contributed by atoms with Crippen molar-refractivity contribution >= 4 is 39.2 Å². The van der Waals surface area contributed by atoms with Gasteiger partial charge in [-0.25, -0.2) is 14.4 Å². The van der Waals surface area contributed by atoms with Crippen LogP contribution in [-0.4, -0.2) is 15.6 Å². The quantitative estimate of drug-likeness (QED) is 0.265. The molecule has 9 heteroatoms. The van der Waals surface area contributed by atoms with Crippen molar-refractivity contribution in [2.24, 2.45) is 5.10 Å². The zero-order valence-corrected chi connectivity index (χ0v) is 17.6. The fourth-order valence-electron chi connectivity index (χ4n) is 3.48. The molecule has 0 N–H and O–H groups in total. The molecule has 1 atom stereocenters. The van der Waals surface area contributed by atoms with Crippen LogP contribution >= 0.6 is 22.7 Å². The molecule has 0 saturated carbocycles. The lowest BCUT2D eigenvalue weighted by Gasteiger charge is -2.21. The largest absolute Gasteiger partial charge is 0.269 e. The standard InChI is InChI=1S/C22H15FN4O2S2/c23-16-7-3-15(4-8-16)20-12-18(21-2-1-11-30-21)25-26(20)22-24-19(13-31-22)14-5-9-17(10-6-14)27(28)29/h1-11,13,20H,12H2/t20-/m0/s1. The third kappa shape index (κ3) is 3.85. The van der Waals surface area contributed by atoms with Gasteiger partial charge in [0.1, 0.15) is 5.82 Å². The average molecular weight is 451 g/mol. The number of thiazole rings is 1. The predicted molar refractivity (Wildman–Crippen MR) is 121 cm³/mol. The van der Waals surface area contributed by atoms with Crippen molar-refractivity contribution in [3.05, 3.63) is 97.8 Å². The van der Waals surface area contributed by atoms with Gasteiger partial charge in [0.2, 0.25) is 5.13 Å². The normalized spacial score (nSPS) is 15.8. The van der Waals surface area contributed by atoms with Crippen LogP contribution in [0.1, 0.15) is 22.9 Å². The molecule has 0 radical (unpaired) electrons. The van der Waals surface area contributed by atoms with Crippen molar-refractivity contribution in [3.63, 3.8) is 0 Å². The van der Waals surface area contributed by atoms with E-state index >= 15 is 0 Å². The van der Waals surface area contributed by atoms with Crippen LogP contribution in [0.3, 0.4) is 0 Å². The molecule has 6 nitrogen and oxygen atoms in total. The van der Waals surface area contributed by atoms with Gasteiger partial charge in [-0.3, -0.25) is 10.1 Å². The zero-order chi connectivity index (χ0) is 21.4. The van der Waals surface area contributed by atoms with Crippen LogP contribution in [0.25, 0.3) is 11.3 Å². The van der Waals surface area contributed by atoms with Gasteiger partial charge in [0.05, 0.1) is 27.2 Å². The van der Waals surface area contributed by atoms with Crippen molar-refractivity contribution < 1.29 is 9.31 Å². The molecule has 1 aliphatic heterocycles. The summed E-state index contributed by atoms with van der Waals surface area (Å²) in [5.41, 5.74) is 3.50. The molecule has 3 heterocycles. The second-order valence-corrected chi connectivity index (χ2v) is 8.74. The van der Waals surface area contributed by atoms with Crippen LogP contribution in [0, 0.1) is 15.9 Å². The summed E-state index contributed by atoms with van der Waals surface area (Å²) < 4.78 is 13.5. The zero-order valence-electron chi connectivity index (χ0n) is 16.0. The molecule has 0 aliphatic carbocycles. The highest BCUT2D eigenvalue weighted by molar-refractivity contribution is 7.14.